The Bertz CT molecular complexity index is 187. The fraction of sp³-hybridized carbons (Fsp3) is 1.00. The van der Waals surface area contributed by atoms with Crippen LogP contribution in [0.5, 0.6) is 0 Å². The first-order valence-electron chi connectivity index (χ1n) is 6.69. The number of hydrogen-bond acceptors (Lipinski definition) is 2. The summed E-state index contributed by atoms with van der Waals surface area (Å²) < 4.78 is 0. The van der Waals surface area contributed by atoms with Crippen molar-refractivity contribution in [3.63, 3.8) is 0 Å². The Morgan fingerprint density at radius 3 is 2.73 bits per heavy atom. The van der Waals surface area contributed by atoms with Gasteiger partial charge in [-0.1, -0.05) is 13.3 Å². The first-order chi connectivity index (χ1) is 7.25. The molecule has 2 rings (SSSR count). The molecule has 0 aromatic rings. The Morgan fingerprint density at radius 2 is 2.07 bits per heavy atom. The standard InChI is InChI=1S/C13H26N2/c1-11-9-12(10-11)14-7-6-13-5-3-4-8-15(13)2/h11-14H,3-10H2,1-2H3. The highest BCUT2D eigenvalue weighted by Crippen LogP contribution is 2.26. The molecule has 1 aliphatic carbocycles. The molecule has 1 saturated carbocycles. The lowest BCUT2D eigenvalue weighted by molar-refractivity contribution is 0.167. The van der Waals surface area contributed by atoms with E-state index in [1.807, 2.05) is 0 Å². The van der Waals surface area contributed by atoms with Gasteiger partial charge in [-0.25, -0.2) is 0 Å². The van der Waals surface area contributed by atoms with Gasteiger partial charge >= 0.3 is 0 Å². The SMILES string of the molecule is CC1CC(NCCC2CCCCN2C)C1. The van der Waals surface area contributed by atoms with Crippen LogP contribution in [0.1, 0.15) is 45.4 Å². The molecular weight excluding hydrogens is 184 g/mol. The minimum absolute atomic E-state index is 0.842. The van der Waals surface area contributed by atoms with Crippen molar-refractivity contribution >= 4 is 0 Å². The smallest absolute Gasteiger partial charge is 0.0104 e. The van der Waals surface area contributed by atoms with Crippen LogP contribution in [0.2, 0.25) is 0 Å². The zero-order valence-electron chi connectivity index (χ0n) is 10.3. The van der Waals surface area contributed by atoms with Gasteiger partial charge in [-0.15, -0.1) is 0 Å². The summed E-state index contributed by atoms with van der Waals surface area (Å²) in [5, 5.41) is 3.69. The Morgan fingerprint density at radius 1 is 1.27 bits per heavy atom. The van der Waals surface area contributed by atoms with E-state index in [1.165, 1.54) is 51.6 Å². The number of nitrogens with one attached hydrogen (secondary N) is 1. The molecule has 1 aliphatic heterocycles. The number of hydrogen-bond donors (Lipinski definition) is 1. The van der Waals surface area contributed by atoms with E-state index in [4.69, 9.17) is 0 Å². The van der Waals surface area contributed by atoms with Crippen molar-refractivity contribution in [2.75, 3.05) is 20.1 Å². The van der Waals surface area contributed by atoms with Crippen molar-refractivity contribution in [3.8, 4) is 0 Å². The largest absolute Gasteiger partial charge is 0.314 e. The molecule has 88 valence electrons. The molecular formula is C13H26N2. The molecule has 0 amide bonds. The van der Waals surface area contributed by atoms with Gasteiger partial charge in [-0.05, 0) is 58.2 Å². The van der Waals surface area contributed by atoms with Gasteiger partial charge in [0.15, 0.2) is 0 Å². The zero-order chi connectivity index (χ0) is 10.7. The van der Waals surface area contributed by atoms with E-state index in [0.29, 0.717) is 0 Å². The molecule has 2 heteroatoms. The van der Waals surface area contributed by atoms with Crippen LogP contribution >= 0.6 is 0 Å². The van der Waals surface area contributed by atoms with Crippen LogP contribution in [0.25, 0.3) is 0 Å². The van der Waals surface area contributed by atoms with Crippen molar-refractivity contribution in [2.24, 2.45) is 5.92 Å². The van der Waals surface area contributed by atoms with Gasteiger partial charge in [0.2, 0.25) is 0 Å². The van der Waals surface area contributed by atoms with Crippen LogP contribution in [-0.4, -0.2) is 37.1 Å². The molecule has 1 unspecified atom stereocenters. The topological polar surface area (TPSA) is 15.3 Å². The van der Waals surface area contributed by atoms with Crippen molar-refractivity contribution in [1.29, 1.82) is 0 Å². The molecule has 0 spiro atoms. The van der Waals surface area contributed by atoms with Crippen LogP contribution in [0.4, 0.5) is 0 Å². The normalized spacial score (nSPS) is 37.6. The third kappa shape index (κ3) is 3.18. The van der Waals surface area contributed by atoms with Crippen LogP contribution < -0.4 is 5.32 Å². The molecule has 0 radical (unpaired) electrons. The second-order valence-electron chi connectivity index (χ2n) is 5.65. The van der Waals surface area contributed by atoms with Gasteiger partial charge < -0.3 is 10.2 Å². The maximum atomic E-state index is 3.69. The maximum Gasteiger partial charge on any atom is 0.0104 e. The first-order valence-corrected chi connectivity index (χ1v) is 6.69. The summed E-state index contributed by atoms with van der Waals surface area (Å²) >= 11 is 0. The summed E-state index contributed by atoms with van der Waals surface area (Å²) in [4.78, 5) is 2.55. The Hall–Kier alpha value is -0.0800. The van der Waals surface area contributed by atoms with E-state index >= 15 is 0 Å². The summed E-state index contributed by atoms with van der Waals surface area (Å²) in [6.45, 7) is 4.89. The molecule has 0 aromatic heterocycles. The predicted octanol–water partition coefficient (Wildman–Crippen LogP) is 2.25. The van der Waals surface area contributed by atoms with Crippen molar-refractivity contribution in [1.82, 2.24) is 10.2 Å². The van der Waals surface area contributed by atoms with Crippen LogP contribution in [0.15, 0.2) is 0 Å². The molecule has 15 heavy (non-hydrogen) atoms. The fourth-order valence-corrected chi connectivity index (χ4v) is 3.03. The zero-order valence-corrected chi connectivity index (χ0v) is 10.3. The fourth-order valence-electron chi connectivity index (χ4n) is 3.03. The number of nitrogens with zero attached hydrogens (tertiary/aromatic N) is 1. The molecule has 2 aliphatic rings. The Kier molecular flexibility index (Phi) is 4.04. The predicted molar refractivity (Wildman–Crippen MR) is 65.1 cm³/mol. The molecule has 2 fully saturated rings. The highest BCUT2D eigenvalue weighted by Gasteiger charge is 2.25. The lowest BCUT2D eigenvalue weighted by atomic mass is 9.82. The van der Waals surface area contributed by atoms with E-state index in [0.717, 1.165) is 18.0 Å². The average Bonchev–Trinajstić information content (AvgIpc) is 2.18. The third-order valence-electron chi connectivity index (χ3n) is 4.21. The van der Waals surface area contributed by atoms with E-state index in [-0.39, 0.29) is 0 Å². The molecule has 2 nitrogen and oxygen atoms in total. The van der Waals surface area contributed by atoms with E-state index in [1.54, 1.807) is 0 Å². The first kappa shape index (κ1) is 11.4. The molecule has 1 atom stereocenters. The lowest BCUT2D eigenvalue weighted by Crippen LogP contribution is -2.43. The minimum Gasteiger partial charge on any atom is -0.314 e. The van der Waals surface area contributed by atoms with Gasteiger partial charge in [0.25, 0.3) is 0 Å². The number of piperidine rings is 1. The van der Waals surface area contributed by atoms with E-state index < -0.39 is 0 Å². The van der Waals surface area contributed by atoms with Crippen molar-refractivity contribution < 1.29 is 0 Å². The maximum absolute atomic E-state index is 3.69. The number of rotatable bonds is 4. The second-order valence-corrected chi connectivity index (χ2v) is 5.65. The van der Waals surface area contributed by atoms with E-state index in [9.17, 15) is 0 Å². The summed E-state index contributed by atoms with van der Waals surface area (Å²) in [7, 11) is 2.29. The second kappa shape index (κ2) is 5.31. The van der Waals surface area contributed by atoms with Gasteiger partial charge in [-0.3, -0.25) is 0 Å². The summed E-state index contributed by atoms with van der Waals surface area (Å²) in [6, 6.07) is 1.69. The van der Waals surface area contributed by atoms with Crippen molar-refractivity contribution in [3.05, 3.63) is 0 Å². The number of likely N-dealkylation sites (tertiary alicyclic amines) is 1. The summed E-state index contributed by atoms with van der Waals surface area (Å²) in [6.07, 6.45) is 8.41. The molecule has 0 aromatic carbocycles. The molecule has 0 bridgehead atoms. The van der Waals surface area contributed by atoms with Gasteiger partial charge in [0.1, 0.15) is 0 Å². The Labute approximate surface area is 94.4 Å². The van der Waals surface area contributed by atoms with Crippen LogP contribution in [-0.2, 0) is 0 Å². The monoisotopic (exact) mass is 210 g/mol. The molecule has 1 N–H and O–H groups in total. The summed E-state index contributed by atoms with van der Waals surface area (Å²) in [5.41, 5.74) is 0. The molecule has 1 heterocycles. The average molecular weight is 210 g/mol. The highest BCUT2D eigenvalue weighted by molar-refractivity contribution is 4.83. The lowest BCUT2D eigenvalue weighted by Gasteiger charge is -2.36. The van der Waals surface area contributed by atoms with Gasteiger partial charge in [0.05, 0.1) is 0 Å². The summed E-state index contributed by atoms with van der Waals surface area (Å²) in [5.74, 6) is 0.972. The van der Waals surface area contributed by atoms with E-state index in [2.05, 4.69) is 24.2 Å². The van der Waals surface area contributed by atoms with Gasteiger partial charge in [0, 0.05) is 12.1 Å². The Balaban J connectivity index is 1.56. The minimum atomic E-state index is 0.842. The van der Waals surface area contributed by atoms with Crippen LogP contribution in [0.3, 0.4) is 0 Å². The van der Waals surface area contributed by atoms with Crippen LogP contribution in [0, 0.1) is 5.92 Å². The molecule has 1 saturated heterocycles. The van der Waals surface area contributed by atoms with Gasteiger partial charge in [-0.2, -0.15) is 0 Å². The van der Waals surface area contributed by atoms with Crippen molar-refractivity contribution in [2.45, 2.75) is 57.5 Å². The quantitative estimate of drug-likeness (QED) is 0.765. The third-order valence-corrected chi connectivity index (χ3v) is 4.21. The highest BCUT2D eigenvalue weighted by atomic mass is 15.1.